The highest BCUT2D eigenvalue weighted by molar-refractivity contribution is 6.21. The summed E-state index contributed by atoms with van der Waals surface area (Å²) in [5.74, 6) is 0.775. The Morgan fingerprint density at radius 2 is 2.42 bits per heavy atom. The minimum Gasteiger partial charge on any atom is -0.345 e. The summed E-state index contributed by atoms with van der Waals surface area (Å²) in [6.07, 6.45) is 9.33. The molecule has 1 aromatic heterocycles. The first-order valence-corrected chi connectivity index (χ1v) is 3.78. The van der Waals surface area contributed by atoms with E-state index in [0.29, 0.717) is 17.8 Å². The van der Waals surface area contributed by atoms with Crippen LogP contribution in [0.5, 0.6) is 0 Å². The van der Waals surface area contributed by atoms with E-state index in [2.05, 4.69) is 9.97 Å². The van der Waals surface area contributed by atoms with Gasteiger partial charge in [0.25, 0.3) is 0 Å². The molecule has 0 aromatic carbocycles. The van der Waals surface area contributed by atoms with Crippen molar-refractivity contribution in [3.05, 3.63) is 36.4 Å². The number of ketones is 1. The molecule has 1 aliphatic rings. The van der Waals surface area contributed by atoms with E-state index in [1.807, 2.05) is 12.2 Å². The van der Waals surface area contributed by atoms with Crippen molar-refractivity contribution >= 4 is 11.4 Å². The zero-order valence-corrected chi connectivity index (χ0v) is 6.45. The SMILES string of the molecule is O=C1CC=CC=C1c1ncc[nH]1. The van der Waals surface area contributed by atoms with Crippen LogP contribution >= 0.6 is 0 Å². The van der Waals surface area contributed by atoms with Crippen LogP contribution in [0, 0.1) is 0 Å². The number of hydrogen-bond acceptors (Lipinski definition) is 2. The smallest absolute Gasteiger partial charge is 0.170 e. The fraction of sp³-hybridized carbons (Fsp3) is 0.111. The zero-order chi connectivity index (χ0) is 8.39. The summed E-state index contributed by atoms with van der Waals surface area (Å²) in [6, 6.07) is 0. The van der Waals surface area contributed by atoms with Crippen LogP contribution in [-0.2, 0) is 4.79 Å². The predicted octanol–water partition coefficient (Wildman–Crippen LogP) is 1.32. The number of aromatic nitrogens is 2. The molecule has 0 spiro atoms. The molecule has 3 heteroatoms. The summed E-state index contributed by atoms with van der Waals surface area (Å²) < 4.78 is 0. The van der Waals surface area contributed by atoms with Gasteiger partial charge in [-0.25, -0.2) is 4.98 Å². The average Bonchev–Trinajstić information content (AvgIpc) is 2.57. The first-order chi connectivity index (χ1) is 5.88. The topological polar surface area (TPSA) is 45.8 Å². The Morgan fingerprint density at radius 3 is 3.08 bits per heavy atom. The molecule has 1 N–H and O–H groups in total. The average molecular weight is 160 g/mol. The van der Waals surface area contributed by atoms with Crippen molar-refractivity contribution in [2.45, 2.75) is 6.42 Å². The normalized spacial score (nSPS) is 16.3. The molecule has 60 valence electrons. The molecule has 0 bridgehead atoms. The minimum absolute atomic E-state index is 0.118. The Kier molecular flexibility index (Phi) is 1.63. The highest BCUT2D eigenvalue weighted by Crippen LogP contribution is 2.16. The molecule has 1 aliphatic carbocycles. The Morgan fingerprint density at radius 1 is 1.50 bits per heavy atom. The second-order valence-corrected chi connectivity index (χ2v) is 2.57. The van der Waals surface area contributed by atoms with Crippen LogP contribution in [0.4, 0.5) is 0 Å². The molecule has 0 amide bonds. The van der Waals surface area contributed by atoms with Crippen LogP contribution in [0.25, 0.3) is 5.57 Å². The first kappa shape index (κ1) is 7.03. The number of carbonyl (C=O) groups is 1. The van der Waals surface area contributed by atoms with Crippen LogP contribution < -0.4 is 0 Å². The molecule has 3 nitrogen and oxygen atoms in total. The molecule has 0 aliphatic heterocycles. The number of imidazole rings is 1. The summed E-state index contributed by atoms with van der Waals surface area (Å²) >= 11 is 0. The first-order valence-electron chi connectivity index (χ1n) is 3.78. The van der Waals surface area contributed by atoms with Crippen molar-refractivity contribution in [2.75, 3.05) is 0 Å². The number of H-pyrrole nitrogens is 1. The lowest BCUT2D eigenvalue weighted by Gasteiger charge is -2.03. The van der Waals surface area contributed by atoms with Gasteiger partial charge in [-0.2, -0.15) is 0 Å². The van der Waals surface area contributed by atoms with Crippen LogP contribution in [0.3, 0.4) is 0 Å². The second kappa shape index (κ2) is 2.77. The third-order valence-corrected chi connectivity index (χ3v) is 1.76. The lowest BCUT2D eigenvalue weighted by atomic mass is 10.0. The van der Waals surface area contributed by atoms with Gasteiger partial charge in [-0.1, -0.05) is 12.2 Å². The van der Waals surface area contributed by atoms with E-state index in [0.717, 1.165) is 0 Å². The standard InChI is InChI=1S/C9H8N2O/c12-8-4-2-1-3-7(8)9-10-5-6-11-9/h1-3,5-6H,4H2,(H,10,11). The molecule has 0 saturated heterocycles. The molecule has 0 saturated carbocycles. The quantitative estimate of drug-likeness (QED) is 0.673. The van der Waals surface area contributed by atoms with Gasteiger partial charge >= 0.3 is 0 Å². The maximum atomic E-state index is 11.3. The maximum Gasteiger partial charge on any atom is 0.170 e. The lowest BCUT2D eigenvalue weighted by Crippen LogP contribution is -2.04. The summed E-state index contributed by atoms with van der Waals surface area (Å²) in [6.45, 7) is 0. The summed E-state index contributed by atoms with van der Waals surface area (Å²) in [5.41, 5.74) is 0.669. The molecule has 0 fully saturated rings. The van der Waals surface area contributed by atoms with Crippen molar-refractivity contribution in [3.63, 3.8) is 0 Å². The fourth-order valence-electron chi connectivity index (χ4n) is 1.17. The molecule has 12 heavy (non-hydrogen) atoms. The Hall–Kier alpha value is -1.64. The number of nitrogens with one attached hydrogen (secondary N) is 1. The van der Waals surface area contributed by atoms with Crippen molar-refractivity contribution in [2.24, 2.45) is 0 Å². The number of allylic oxidation sites excluding steroid dienone is 4. The number of hydrogen-bond donors (Lipinski definition) is 1. The van der Waals surface area contributed by atoms with Gasteiger partial charge in [0.2, 0.25) is 0 Å². The number of rotatable bonds is 1. The van der Waals surface area contributed by atoms with Gasteiger partial charge in [0.1, 0.15) is 5.82 Å². The molecule has 0 atom stereocenters. The summed E-state index contributed by atoms with van der Waals surface area (Å²) in [7, 11) is 0. The molecule has 0 radical (unpaired) electrons. The van der Waals surface area contributed by atoms with Crippen molar-refractivity contribution in [3.8, 4) is 0 Å². The van der Waals surface area contributed by atoms with Crippen molar-refractivity contribution in [1.82, 2.24) is 9.97 Å². The van der Waals surface area contributed by atoms with Gasteiger partial charge in [-0.15, -0.1) is 0 Å². The van der Waals surface area contributed by atoms with Gasteiger partial charge < -0.3 is 4.98 Å². The van der Waals surface area contributed by atoms with Gasteiger partial charge in [0.15, 0.2) is 5.78 Å². The number of carbonyl (C=O) groups excluding carboxylic acids is 1. The Bertz CT molecular complexity index is 347. The van der Waals surface area contributed by atoms with Gasteiger partial charge in [0.05, 0.1) is 5.57 Å². The number of nitrogens with zero attached hydrogens (tertiary/aromatic N) is 1. The Labute approximate surface area is 69.8 Å². The zero-order valence-electron chi connectivity index (χ0n) is 6.45. The summed E-state index contributed by atoms with van der Waals surface area (Å²) in [4.78, 5) is 18.2. The monoisotopic (exact) mass is 160 g/mol. The highest BCUT2D eigenvalue weighted by atomic mass is 16.1. The summed E-state index contributed by atoms with van der Waals surface area (Å²) in [5, 5.41) is 0. The van der Waals surface area contributed by atoms with E-state index in [9.17, 15) is 4.79 Å². The number of aromatic amines is 1. The molecule has 1 heterocycles. The van der Waals surface area contributed by atoms with Crippen LogP contribution in [0.2, 0.25) is 0 Å². The Balaban J connectivity index is 2.40. The second-order valence-electron chi connectivity index (χ2n) is 2.57. The third kappa shape index (κ3) is 1.09. The van der Waals surface area contributed by atoms with Crippen LogP contribution in [0.15, 0.2) is 30.6 Å². The van der Waals surface area contributed by atoms with Gasteiger partial charge in [0, 0.05) is 18.8 Å². The van der Waals surface area contributed by atoms with E-state index in [4.69, 9.17) is 0 Å². The van der Waals surface area contributed by atoms with E-state index < -0.39 is 0 Å². The van der Waals surface area contributed by atoms with Crippen molar-refractivity contribution in [1.29, 1.82) is 0 Å². The largest absolute Gasteiger partial charge is 0.345 e. The van der Waals surface area contributed by atoms with Gasteiger partial charge in [-0.3, -0.25) is 4.79 Å². The van der Waals surface area contributed by atoms with Gasteiger partial charge in [-0.05, 0) is 6.08 Å². The molecular formula is C9H8N2O. The number of Topliss-reactive ketones (excluding diaryl/α,β-unsaturated/α-hetero) is 1. The van der Waals surface area contributed by atoms with Crippen LogP contribution in [-0.4, -0.2) is 15.8 Å². The van der Waals surface area contributed by atoms with Crippen LogP contribution in [0.1, 0.15) is 12.2 Å². The highest BCUT2D eigenvalue weighted by Gasteiger charge is 2.13. The molecule has 1 aromatic rings. The van der Waals surface area contributed by atoms with E-state index in [1.165, 1.54) is 0 Å². The molecule has 2 rings (SSSR count). The predicted molar refractivity (Wildman–Crippen MR) is 45.3 cm³/mol. The lowest BCUT2D eigenvalue weighted by molar-refractivity contribution is -0.113. The van der Waals surface area contributed by atoms with Crippen molar-refractivity contribution < 1.29 is 4.79 Å². The van der Waals surface area contributed by atoms with E-state index in [1.54, 1.807) is 18.5 Å². The molecule has 0 unspecified atom stereocenters. The molecular weight excluding hydrogens is 152 g/mol. The minimum atomic E-state index is 0.118. The van der Waals surface area contributed by atoms with E-state index in [-0.39, 0.29) is 5.78 Å². The van der Waals surface area contributed by atoms with E-state index >= 15 is 0 Å². The maximum absolute atomic E-state index is 11.3. The third-order valence-electron chi connectivity index (χ3n) is 1.76. The fourth-order valence-corrected chi connectivity index (χ4v) is 1.17.